The van der Waals surface area contributed by atoms with Gasteiger partial charge in [-0.15, -0.1) is 0 Å². The van der Waals surface area contributed by atoms with Crippen molar-refractivity contribution in [2.24, 2.45) is 0 Å². The molecule has 0 bridgehead atoms. The van der Waals surface area contributed by atoms with Gasteiger partial charge in [-0.05, 0) is 18.6 Å². The molecule has 0 aliphatic rings. The number of hydrogen-bond acceptors (Lipinski definition) is 7. The Bertz CT molecular complexity index is 930. The van der Waals surface area contributed by atoms with Gasteiger partial charge in [-0.3, -0.25) is 0 Å². The van der Waals surface area contributed by atoms with Gasteiger partial charge in [0.15, 0.2) is 11.5 Å². The molecule has 7 nitrogen and oxygen atoms in total. The van der Waals surface area contributed by atoms with Crippen LogP contribution in [-0.4, -0.2) is 35.8 Å². The quantitative estimate of drug-likeness (QED) is 0.625. The summed E-state index contributed by atoms with van der Waals surface area (Å²) < 4.78 is 10.6. The van der Waals surface area contributed by atoms with Crippen LogP contribution in [0, 0.1) is 6.92 Å². The lowest BCUT2D eigenvalue weighted by Crippen LogP contribution is -2.14. The molecule has 0 fully saturated rings. The van der Waals surface area contributed by atoms with E-state index in [9.17, 15) is 5.11 Å². The van der Waals surface area contributed by atoms with Crippen LogP contribution in [0.2, 0.25) is 0 Å². The molecule has 3 rings (SSSR count). The molecule has 26 heavy (non-hydrogen) atoms. The maximum atomic E-state index is 10.4. The molecule has 0 radical (unpaired) electrons. The number of nitrogen functional groups attached to an aromatic ring is 1. The molecule has 136 valence electrons. The highest BCUT2D eigenvalue weighted by Gasteiger charge is 2.13. The van der Waals surface area contributed by atoms with E-state index in [1.807, 2.05) is 31.2 Å². The van der Waals surface area contributed by atoms with Crippen molar-refractivity contribution in [3.8, 4) is 11.5 Å². The smallest absolute Gasteiger partial charge is 0.225 e. The second-order valence-electron chi connectivity index (χ2n) is 5.97. The zero-order valence-electron chi connectivity index (χ0n) is 15.0. The minimum atomic E-state index is -0.680. The van der Waals surface area contributed by atoms with Crippen LogP contribution in [0.3, 0.4) is 0 Å². The number of fused-ring (bicyclic) bond motifs is 1. The first-order chi connectivity index (χ1) is 12.5. The molecule has 0 saturated carbocycles. The third-order valence-corrected chi connectivity index (χ3v) is 4.11. The summed E-state index contributed by atoms with van der Waals surface area (Å²) in [5.74, 6) is 1.78. The summed E-state index contributed by atoms with van der Waals surface area (Å²) in [6.45, 7) is 2.25. The van der Waals surface area contributed by atoms with E-state index in [1.54, 1.807) is 26.4 Å². The van der Waals surface area contributed by atoms with Crippen molar-refractivity contribution in [3.05, 3.63) is 47.5 Å². The third-order valence-electron chi connectivity index (χ3n) is 4.11. The SMILES string of the molecule is COc1cc2nc(NCC(O)c3cccc(C)c3)nc(N)c2cc1OC. The van der Waals surface area contributed by atoms with Gasteiger partial charge in [-0.25, -0.2) is 4.98 Å². The second kappa shape index (κ2) is 7.45. The maximum absolute atomic E-state index is 10.4. The molecule has 4 N–H and O–H groups in total. The Morgan fingerprint density at radius 1 is 1.12 bits per heavy atom. The Balaban J connectivity index is 1.84. The molecule has 7 heteroatoms. The Morgan fingerprint density at radius 3 is 2.54 bits per heavy atom. The number of nitrogens with two attached hydrogens (primary N) is 1. The average molecular weight is 354 g/mol. The molecule has 3 aromatic rings. The van der Waals surface area contributed by atoms with Crippen LogP contribution in [0.15, 0.2) is 36.4 Å². The fourth-order valence-corrected chi connectivity index (χ4v) is 2.74. The first kappa shape index (κ1) is 17.8. The number of aliphatic hydroxyl groups is 1. The van der Waals surface area contributed by atoms with Crippen molar-refractivity contribution < 1.29 is 14.6 Å². The van der Waals surface area contributed by atoms with Gasteiger partial charge in [-0.1, -0.05) is 29.8 Å². The molecule has 1 heterocycles. The van der Waals surface area contributed by atoms with Crippen LogP contribution >= 0.6 is 0 Å². The number of aromatic nitrogens is 2. The van der Waals surface area contributed by atoms with Gasteiger partial charge >= 0.3 is 0 Å². The molecule has 1 aromatic heterocycles. The van der Waals surface area contributed by atoms with Gasteiger partial charge < -0.3 is 25.6 Å². The summed E-state index contributed by atoms with van der Waals surface area (Å²) in [7, 11) is 3.12. The average Bonchev–Trinajstić information content (AvgIpc) is 2.65. The largest absolute Gasteiger partial charge is 0.493 e. The summed E-state index contributed by atoms with van der Waals surface area (Å²) in [6, 6.07) is 11.2. The molecular weight excluding hydrogens is 332 g/mol. The molecule has 0 spiro atoms. The van der Waals surface area contributed by atoms with E-state index in [0.717, 1.165) is 11.1 Å². The number of nitrogens with one attached hydrogen (secondary N) is 1. The summed E-state index contributed by atoms with van der Waals surface area (Å²) in [5, 5.41) is 14.1. The summed E-state index contributed by atoms with van der Waals surface area (Å²) >= 11 is 0. The Kier molecular flexibility index (Phi) is 5.09. The number of nitrogens with zero attached hydrogens (tertiary/aromatic N) is 2. The van der Waals surface area contributed by atoms with Gasteiger partial charge in [0.25, 0.3) is 0 Å². The lowest BCUT2D eigenvalue weighted by molar-refractivity contribution is 0.191. The highest BCUT2D eigenvalue weighted by molar-refractivity contribution is 5.91. The fraction of sp³-hybridized carbons (Fsp3) is 0.263. The summed E-state index contributed by atoms with van der Waals surface area (Å²) in [5.41, 5.74) is 8.61. The van der Waals surface area contributed by atoms with Crippen molar-refractivity contribution in [3.63, 3.8) is 0 Å². The van der Waals surface area contributed by atoms with Crippen molar-refractivity contribution in [1.82, 2.24) is 9.97 Å². The zero-order valence-corrected chi connectivity index (χ0v) is 15.0. The molecule has 0 amide bonds. The topological polar surface area (TPSA) is 103 Å². The lowest BCUT2D eigenvalue weighted by Gasteiger charge is -2.14. The van der Waals surface area contributed by atoms with E-state index in [2.05, 4.69) is 15.3 Å². The third kappa shape index (κ3) is 3.62. The monoisotopic (exact) mass is 354 g/mol. The van der Waals surface area contributed by atoms with Gasteiger partial charge in [0.05, 0.1) is 25.8 Å². The van der Waals surface area contributed by atoms with E-state index in [0.29, 0.717) is 34.2 Å². The molecule has 2 aromatic carbocycles. The minimum absolute atomic E-state index is 0.266. The van der Waals surface area contributed by atoms with Crippen LogP contribution in [0.4, 0.5) is 11.8 Å². The minimum Gasteiger partial charge on any atom is -0.493 e. The number of ether oxygens (including phenoxy) is 2. The zero-order chi connectivity index (χ0) is 18.7. The highest BCUT2D eigenvalue weighted by atomic mass is 16.5. The highest BCUT2D eigenvalue weighted by Crippen LogP contribution is 2.33. The van der Waals surface area contributed by atoms with Crippen LogP contribution in [-0.2, 0) is 0 Å². The Morgan fingerprint density at radius 2 is 1.85 bits per heavy atom. The molecule has 0 saturated heterocycles. The number of benzene rings is 2. The molecule has 0 aliphatic heterocycles. The number of hydrogen-bond donors (Lipinski definition) is 3. The lowest BCUT2D eigenvalue weighted by atomic mass is 10.1. The number of anilines is 2. The van der Waals surface area contributed by atoms with Gasteiger partial charge in [0.1, 0.15) is 5.82 Å². The normalized spacial score (nSPS) is 12.0. The Hall–Kier alpha value is -3.06. The number of aryl methyl sites for hydroxylation is 1. The predicted molar refractivity (Wildman–Crippen MR) is 102 cm³/mol. The maximum Gasteiger partial charge on any atom is 0.225 e. The Labute approximate surface area is 151 Å². The van der Waals surface area contributed by atoms with E-state index in [1.165, 1.54) is 0 Å². The van der Waals surface area contributed by atoms with Crippen molar-refractivity contribution in [1.29, 1.82) is 0 Å². The number of aliphatic hydroxyl groups excluding tert-OH is 1. The molecule has 1 atom stereocenters. The van der Waals surface area contributed by atoms with E-state index in [4.69, 9.17) is 15.2 Å². The second-order valence-corrected chi connectivity index (χ2v) is 5.97. The molecular formula is C19H22N4O3. The first-order valence-electron chi connectivity index (χ1n) is 8.19. The number of rotatable bonds is 6. The van der Waals surface area contributed by atoms with Crippen LogP contribution in [0.25, 0.3) is 10.9 Å². The molecule has 0 aliphatic carbocycles. The van der Waals surface area contributed by atoms with Gasteiger partial charge in [0.2, 0.25) is 5.95 Å². The predicted octanol–water partition coefficient (Wildman–Crippen LogP) is 2.68. The molecule has 1 unspecified atom stereocenters. The van der Waals surface area contributed by atoms with Crippen molar-refractivity contribution >= 4 is 22.7 Å². The standard InChI is InChI=1S/C19H22N4O3/c1-11-5-4-6-12(7-11)15(24)10-21-19-22-14-9-17(26-3)16(25-2)8-13(14)18(20)23-19/h4-9,15,24H,10H2,1-3H3,(H3,20,21,22,23). The van der Waals surface area contributed by atoms with Crippen LogP contribution in [0.1, 0.15) is 17.2 Å². The summed E-state index contributed by atoms with van der Waals surface area (Å²) in [4.78, 5) is 8.72. The fourth-order valence-electron chi connectivity index (χ4n) is 2.74. The van der Waals surface area contributed by atoms with E-state index >= 15 is 0 Å². The van der Waals surface area contributed by atoms with E-state index in [-0.39, 0.29) is 6.54 Å². The van der Waals surface area contributed by atoms with Crippen molar-refractivity contribution in [2.75, 3.05) is 31.8 Å². The summed E-state index contributed by atoms with van der Waals surface area (Å²) in [6.07, 6.45) is -0.680. The van der Waals surface area contributed by atoms with Crippen LogP contribution < -0.4 is 20.5 Å². The van der Waals surface area contributed by atoms with E-state index < -0.39 is 6.10 Å². The van der Waals surface area contributed by atoms with Gasteiger partial charge in [0, 0.05) is 18.0 Å². The van der Waals surface area contributed by atoms with Crippen molar-refractivity contribution in [2.45, 2.75) is 13.0 Å². The number of methoxy groups -OCH3 is 2. The van der Waals surface area contributed by atoms with Gasteiger partial charge in [-0.2, -0.15) is 4.98 Å². The first-order valence-corrected chi connectivity index (χ1v) is 8.19. The van der Waals surface area contributed by atoms with Crippen LogP contribution in [0.5, 0.6) is 11.5 Å².